The number of carbonyl (C=O) groups is 3. The van der Waals surface area contributed by atoms with Crippen LogP contribution in [0.3, 0.4) is 0 Å². The van der Waals surface area contributed by atoms with Gasteiger partial charge in [0, 0.05) is 0 Å². The second-order valence-electron chi connectivity index (χ2n) is 12.2. The Bertz CT molecular complexity index is 1330. The first kappa shape index (κ1) is 30.9. The lowest BCUT2D eigenvalue weighted by Crippen LogP contribution is -2.27. The molecule has 2 amide bonds. The van der Waals surface area contributed by atoms with Gasteiger partial charge in [-0.15, -0.1) is 0 Å². The van der Waals surface area contributed by atoms with Gasteiger partial charge in [-0.1, -0.05) is 88.5 Å². The average Bonchev–Trinajstić information content (AvgIpc) is 3.09. The molecule has 10 heteroatoms. The van der Waals surface area contributed by atoms with Gasteiger partial charge in [-0.05, 0) is 53.9 Å². The lowest BCUT2D eigenvalue weighted by Gasteiger charge is -2.25. The quantitative estimate of drug-likeness (QED) is 0.320. The fourth-order valence-electron chi connectivity index (χ4n) is 4.26. The number of anilines is 2. The van der Waals surface area contributed by atoms with Crippen LogP contribution < -0.4 is 15.1 Å². The maximum absolute atomic E-state index is 13.0. The Morgan fingerprint density at radius 1 is 1.00 bits per heavy atom. The molecule has 1 N–H and O–H groups in total. The van der Waals surface area contributed by atoms with Gasteiger partial charge in [0.15, 0.2) is 0 Å². The van der Waals surface area contributed by atoms with E-state index < -0.39 is 23.7 Å². The van der Waals surface area contributed by atoms with Crippen LogP contribution in [0.15, 0.2) is 29.4 Å². The van der Waals surface area contributed by atoms with Crippen molar-refractivity contribution >= 4 is 70.0 Å². The minimum absolute atomic E-state index is 0.00110. The van der Waals surface area contributed by atoms with E-state index in [2.05, 4.69) is 64.1 Å². The van der Waals surface area contributed by atoms with Gasteiger partial charge in [0.1, 0.15) is 23.8 Å². The molecule has 0 radical (unpaired) electrons. The molecule has 0 saturated heterocycles. The largest absolute Gasteiger partial charge is 0.490 e. The van der Waals surface area contributed by atoms with Gasteiger partial charge in [-0.2, -0.15) is 10.1 Å². The number of hydrogen-bond acceptors (Lipinski definition) is 5. The van der Waals surface area contributed by atoms with Crippen LogP contribution in [0.2, 0.25) is 15.1 Å². The van der Waals surface area contributed by atoms with Crippen LogP contribution in [0.5, 0.6) is 5.75 Å². The highest BCUT2D eigenvalue weighted by atomic mass is 35.5. The van der Waals surface area contributed by atoms with Crippen molar-refractivity contribution in [2.75, 3.05) is 10.3 Å². The van der Waals surface area contributed by atoms with Crippen molar-refractivity contribution in [2.45, 2.75) is 73.8 Å². The molecule has 0 aromatic heterocycles. The summed E-state index contributed by atoms with van der Waals surface area (Å²) in [7, 11) is 0. The van der Waals surface area contributed by atoms with E-state index in [4.69, 9.17) is 39.5 Å². The Kier molecular flexibility index (Phi) is 9.41. The molecule has 1 unspecified atom stereocenters. The second-order valence-corrected chi connectivity index (χ2v) is 13.4. The number of rotatable bonds is 8. The summed E-state index contributed by atoms with van der Waals surface area (Å²) >= 11 is 19.0. The van der Waals surface area contributed by atoms with Gasteiger partial charge in [0.25, 0.3) is 5.78 Å². The summed E-state index contributed by atoms with van der Waals surface area (Å²) in [6.45, 7) is 15.0. The number of nitrogens with one attached hydrogen (secondary N) is 1. The van der Waals surface area contributed by atoms with Crippen molar-refractivity contribution in [2.24, 2.45) is 15.9 Å². The van der Waals surface area contributed by atoms with E-state index in [1.54, 1.807) is 0 Å². The standard InChI is InChI=1S/C29H34Cl3N3O4/c1-16(39-22-9-8-17(13-28(2,3)4)11-18(22)14-29(5,6)7)10-23(37)34-25-19(30)12-20(31)26(24(25)32)35-27(38)21(36)15-33-35/h8-9,11-12,15-16H,10,13-14H2,1-7H3,(H,34,37). The van der Waals surface area contributed by atoms with Gasteiger partial charge in [0.05, 0.1) is 27.2 Å². The minimum atomic E-state index is -0.917. The Morgan fingerprint density at radius 2 is 1.64 bits per heavy atom. The normalized spacial score (nSPS) is 14.7. The summed E-state index contributed by atoms with van der Waals surface area (Å²) in [5.74, 6) is -1.40. The predicted octanol–water partition coefficient (Wildman–Crippen LogP) is 7.52. The number of hydrogen-bond donors (Lipinski definition) is 1. The summed E-state index contributed by atoms with van der Waals surface area (Å²) in [5, 5.41) is 7.18. The van der Waals surface area contributed by atoms with Crippen molar-refractivity contribution in [3.05, 3.63) is 50.5 Å². The van der Waals surface area contributed by atoms with Crippen LogP contribution in [0.25, 0.3) is 0 Å². The molecule has 0 fully saturated rings. The zero-order valence-electron chi connectivity index (χ0n) is 23.2. The number of Topliss-reactive ketones (excluding diaryl/α,β-unsaturated/α-hetero) is 1. The molecule has 3 rings (SSSR count). The van der Waals surface area contributed by atoms with Crippen LogP contribution in [0.4, 0.5) is 11.4 Å². The van der Waals surface area contributed by atoms with Crippen LogP contribution >= 0.6 is 34.8 Å². The molecule has 0 spiro atoms. The smallest absolute Gasteiger partial charge is 0.320 e. The molecular formula is C29H34Cl3N3O4. The number of nitrogens with zero attached hydrogens (tertiary/aromatic N) is 2. The summed E-state index contributed by atoms with van der Waals surface area (Å²) < 4.78 is 6.24. The maximum Gasteiger partial charge on any atom is 0.320 e. The molecule has 1 atom stereocenters. The fraction of sp³-hybridized carbons (Fsp3) is 0.448. The molecule has 39 heavy (non-hydrogen) atoms. The van der Waals surface area contributed by atoms with Gasteiger partial charge in [-0.3, -0.25) is 14.4 Å². The minimum Gasteiger partial charge on any atom is -0.490 e. The zero-order valence-corrected chi connectivity index (χ0v) is 25.5. The molecule has 1 heterocycles. The van der Waals surface area contributed by atoms with E-state index in [0.29, 0.717) is 0 Å². The number of halogens is 3. The summed E-state index contributed by atoms with van der Waals surface area (Å²) in [5.41, 5.74) is 2.54. The highest BCUT2D eigenvalue weighted by molar-refractivity contribution is 6.64. The predicted molar refractivity (Wildman–Crippen MR) is 159 cm³/mol. The topological polar surface area (TPSA) is 88.1 Å². The Hall–Kier alpha value is -2.61. The molecular weight excluding hydrogens is 561 g/mol. The molecule has 0 bridgehead atoms. The summed E-state index contributed by atoms with van der Waals surface area (Å²) in [6, 6.07) is 7.56. The van der Waals surface area contributed by atoms with Crippen molar-refractivity contribution in [1.29, 1.82) is 0 Å². The van der Waals surface area contributed by atoms with Crippen LogP contribution in [0.1, 0.15) is 66.0 Å². The van der Waals surface area contributed by atoms with Crippen molar-refractivity contribution in [1.82, 2.24) is 0 Å². The van der Waals surface area contributed by atoms with Crippen LogP contribution in [-0.4, -0.2) is 29.9 Å². The number of carbonyl (C=O) groups excluding carboxylic acids is 3. The van der Waals surface area contributed by atoms with Crippen LogP contribution in [-0.2, 0) is 27.2 Å². The van der Waals surface area contributed by atoms with E-state index in [0.717, 1.165) is 35.4 Å². The fourth-order valence-corrected chi connectivity index (χ4v) is 5.28. The average molecular weight is 595 g/mol. The first-order valence-electron chi connectivity index (χ1n) is 12.6. The third kappa shape index (κ3) is 8.19. The lowest BCUT2D eigenvalue weighted by molar-refractivity contribution is -0.131. The highest BCUT2D eigenvalue weighted by Gasteiger charge is 2.32. The van der Waals surface area contributed by atoms with Gasteiger partial charge in [-0.25, -0.2) is 0 Å². The van der Waals surface area contributed by atoms with Crippen LogP contribution in [0, 0.1) is 10.8 Å². The first-order chi connectivity index (χ1) is 17.9. The molecule has 0 aliphatic carbocycles. The van der Waals surface area contributed by atoms with Gasteiger partial charge in [0.2, 0.25) is 5.91 Å². The Balaban J connectivity index is 1.77. The van der Waals surface area contributed by atoms with Crippen molar-refractivity contribution in [3.8, 4) is 5.75 Å². The lowest BCUT2D eigenvalue weighted by atomic mass is 9.84. The van der Waals surface area contributed by atoms with E-state index >= 15 is 0 Å². The summed E-state index contributed by atoms with van der Waals surface area (Å²) in [4.78, 5) is 36.7. The highest BCUT2D eigenvalue weighted by Crippen LogP contribution is 2.44. The Morgan fingerprint density at radius 3 is 2.21 bits per heavy atom. The number of benzene rings is 2. The SMILES string of the molecule is CC(CC(=O)Nc1c(Cl)cc(Cl)c(N2N=CC(=O)C2=O)c1Cl)Oc1ccc(CC(C)(C)C)cc1CC(C)(C)C. The molecule has 2 aromatic carbocycles. The van der Waals surface area contributed by atoms with Gasteiger partial charge < -0.3 is 10.1 Å². The van der Waals surface area contributed by atoms with Gasteiger partial charge >= 0.3 is 5.91 Å². The van der Waals surface area contributed by atoms with E-state index in [1.165, 1.54) is 11.6 Å². The molecule has 7 nitrogen and oxygen atoms in total. The molecule has 1 aliphatic rings. The maximum atomic E-state index is 13.0. The van der Waals surface area contributed by atoms with E-state index in [1.807, 2.05) is 13.0 Å². The molecule has 210 valence electrons. The monoisotopic (exact) mass is 593 g/mol. The third-order valence-electron chi connectivity index (χ3n) is 5.70. The van der Waals surface area contributed by atoms with Crippen molar-refractivity contribution < 1.29 is 19.1 Å². The number of ketones is 1. The molecule has 1 aliphatic heterocycles. The third-order valence-corrected chi connectivity index (χ3v) is 6.65. The number of hydrazone groups is 1. The molecule has 2 aromatic rings. The second kappa shape index (κ2) is 11.9. The van der Waals surface area contributed by atoms with E-state index in [9.17, 15) is 14.4 Å². The van der Waals surface area contributed by atoms with Crippen molar-refractivity contribution in [3.63, 3.8) is 0 Å². The molecule has 0 saturated carbocycles. The first-order valence-corrected chi connectivity index (χ1v) is 13.8. The zero-order chi connectivity index (χ0) is 29.3. The summed E-state index contributed by atoms with van der Waals surface area (Å²) in [6.07, 6.45) is 2.16. The number of amides is 2. The van der Waals surface area contributed by atoms with E-state index in [-0.39, 0.29) is 43.7 Å². The Labute approximate surface area is 244 Å². The number of ether oxygens (including phenoxy) is 1.